The summed E-state index contributed by atoms with van der Waals surface area (Å²) in [6, 6.07) is 17.5. The summed E-state index contributed by atoms with van der Waals surface area (Å²) in [4.78, 5) is 34.2. The Labute approximate surface area is 194 Å². The van der Waals surface area contributed by atoms with Gasteiger partial charge in [0, 0.05) is 42.8 Å². The number of ether oxygens (including phenoxy) is 1. The van der Waals surface area contributed by atoms with Crippen LogP contribution in [0, 0.1) is 0 Å². The van der Waals surface area contributed by atoms with Gasteiger partial charge in [0.2, 0.25) is 11.8 Å². The van der Waals surface area contributed by atoms with Gasteiger partial charge in [-0.1, -0.05) is 61.9 Å². The molecule has 1 aromatic heterocycles. The summed E-state index contributed by atoms with van der Waals surface area (Å²) in [5, 5.41) is 1.13. The van der Waals surface area contributed by atoms with Gasteiger partial charge in [-0.2, -0.15) is 0 Å². The second-order valence-electron chi connectivity index (χ2n) is 8.98. The lowest BCUT2D eigenvalue weighted by Crippen LogP contribution is -2.63. The highest BCUT2D eigenvalue weighted by Crippen LogP contribution is 2.42. The van der Waals surface area contributed by atoms with Gasteiger partial charge < -0.3 is 19.5 Å². The Balaban J connectivity index is 1.45. The summed E-state index contributed by atoms with van der Waals surface area (Å²) in [5.41, 5.74) is 4.24. The number of hydrogen-bond donors (Lipinski definition) is 1. The van der Waals surface area contributed by atoms with E-state index in [0.29, 0.717) is 19.6 Å². The van der Waals surface area contributed by atoms with Gasteiger partial charge in [-0.3, -0.25) is 9.59 Å². The van der Waals surface area contributed by atoms with Crippen LogP contribution in [0.2, 0.25) is 0 Å². The molecule has 2 atom stereocenters. The number of benzene rings is 2. The first-order valence-corrected chi connectivity index (χ1v) is 12.0. The minimum absolute atomic E-state index is 0.00432. The number of rotatable bonds is 8. The van der Waals surface area contributed by atoms with Gasteiger partial charge in [-0.05, 0) is 30.0 Å². The summed E-state index contributed by atoms with van der Waals surface area (Å²) >= 11 is 0. The van der Waals surface area contributed by atoms with E-state index in [1.54, 1.807) is 4.90 Å². The van der Waals surface area contributed by atoms with E-state index in [1.165, 1.54) is 0 Å². The van der Waals surface area contributed by atoms with Crippen molar-refractivity contribution in [3.63, 3.8) is 0 Å². The Bertz CT molecular complexity index is 1140. The van der Waals surface area contributed by atoms with Crippen molar-refractivity contribution >= 4 is 22.7 Å². The van der Waals surface area contributed by atoms with E-state index in [1.807, 2.05) is 47.4 Å². The maximum absolute atomic E-state index is 13.6. The van der Waals surface area contributed by atoms with E-state index in [4.69, 9.17) is 4.74 Å². The lowest BCUT2D eigenvalue weighted by molar-refractivity contribution is -0.158. The van der Waals surface area contributed by atoms with E-state index < -0.39 is 6.04 Å². The van der Waals surface area contributed by atoms with Crippen molar-refractivity contribution in [2.75, 3.05) is 26.3 Å². The number of para-hydroxylation sites is 1. The van der Waals surface area contributed by atoms with Crippen LogP contribution in [0.4, 0.5) is 0 Å². The maximum atomic E-state index is 13.6. The molecule has 2 aliphatic rings. The molecule has 0 spiro atoms. The zero-order valence-corrected chi connectivity index (χ0v) is 19.1. The molecule has 6 nitrogen and oxygen atoms in total. The Hall–Kier alpha value is -3.12. The van der Waals surface area contributed by atoms with Gasteiger partial charge in [-0.15, -0.1) is 0 Å². The lowest BCUT2D eigenvalue weighted by Gasteiger charge is -2.47. The first-order valence-electron chi connectivity index (χ1n) is 12.0. The number of nitrogens with zero attached hydrogens (tertiary/aromatic N) is 2. The van der Waals surface area contributed by atoms with Crippen molar-refractivity contribution in [2.24, 2.45) is 0 Å². The molecule has 0 radical (unpaired) electrons. The van der Waals surface area contributed by atoms with E-state index in [0.717, 1.165) is 53.6 Å². The Kier molecular flexibility index (Phi) is 6.18. The number of unbranched alkanes of at least 4 members (excludes halogenated alkanes) is 1. The van der Waals surface area contributed by atoms with Crippen LogP contribution in [-0.2, 0) is 20.7 Å². The average Bonchev–Trinajstić information content (AvgIpc) is 3.22. The molecule has 1 fully saturated rings. The summed E-state index contributed by atoms with van der Waals surface area (Å²) in [6.07, 6.45) is 3.44. The largest absolute Gasteiger partial charge is 0.381 e. The first-order chi connectivity index (χ1) is 16.2. The Morgan fingerprint density at radius 1 is 1.00 bits per heavy atom. The third-order valence-electron chi connectivity index (χ3n) is 6.82. The number of amides is 2. The van der Waals surface area contributed by atoms with E-state index in [2.05, 4.69) is 24.0 Å². The predicted molar refractivity (Wildman–Crippen MR) is 128 cm³/mol. The molecule has 0 aliphatic carbocycles. The quantitative estimate of drug-likeness (QED) is 0.532. The number of nitrogens with one attached hydrogen (secondary N) is 1. The number of hydrogen-bond acceptors (Lipinski definition) is 3. The SMILES string of the molecule is CCCCOCCCN1CC(=O)N2[C@@H](c3ccccc3)c3[nH]c4ccccc4c3C[C@H]2C1=O. The molecule has 3 heterocycles. The van der Waals surface area contributed by atoms with Crippen LogP contribution in [0.1, 0.15) is 49.0 Å². The monoisotopic (exact) mass is 445 g/mol. The van der Waals surface area contributed by atoms with Crippen molar-refractivity contribution in [3.05, 3.63) is 71.4 Å². The molecule has 3 aromatic rings. The van der Waals surface area contributed by atoms with E-state index >= 15 is 0 Å². The van der Waals surface area contributed by atoms with Crippen LogP contribution in [0.25, 0.3) is 10.9 Å². The standard InChI is InChI=1S/C27H31N3O3/c1-2-3-15-33-16-9-14-29-18-24(31)30-23(27(29)32)17-21-20-12-7-8-13-22(20)28-25(21)26(30)19-10-5-4-6-11-19/h4-8,10-13,23,26,28H,2-3,9,14-18H2,1H3/t23-,26-/m0/s1. The van der Waals surface area contributed by atoms with Gasteiger partial charge in [0.25, 0.3) is 0 Å². The molecular weight excluding hydrogens is 414 g/mol. The topological polar surface area (TPSA) is 65.6 Å². The molecule has 6 heteroatoms. The van der Waals surface area contributed by atoms with Gasteiger partial charge >= 0.3 is 0 Å². The van der Waals surface area contributed by atoms with Crippen LogP contribution in [0.3, 0.4) is 0 Å². The number of fused-ring (bicyclic) bond motifs is 4. The fraction of sp³-hybridized carbons (Fsp3) is 0.407. The number of H-pyrrole nitrogens is 1. The minimum Gasteiger partial charge on any atom is -0.381 e. The highest BCUT2D eigenvalue weighted by atomic mass is 16.5. The molecule has 5 rings (SSSR count). The molecule has 2 amide bonds. The predicted octanol–water partition coefficient (Wildman–Crippen LogP) is 4.06. The first kappa shape index (κ1) is 21.7. The van der Waals surface area contributed by atoms with Crippen molar-refractivity contribution in [1.29, 1.82) is 0 Å². The second kappa shape index (κ2) is 9.40. The number of carbonyl (C=O) groups excluding carboxylic acids is 2. The minimum atomic E-state index is -0.482. The maximum Gasteiger partial charge on any atom is 0.246 e. The highest BCUT2D eigenvalue weighted by Gasteiger charge is 2.47. The van der Waals surface area contributed by atoms with Crippen LogP contribution in [-0.4, -0.2) is 58.9 Å². The molecule has 33 heavy (non-hydrogen) atoms. The third kappa shape index (κ3) is 4.04. The summed E-state index contributed by atoms with van der Waals surface area (Å²) < 4.78 is 5.66. The zero-order chi connectivity index (χ0) is 22.8. The van der Waals surface area contributed by atoms with Crippen LogP contribution in [0.5, 0.6) is 0 Å². The third-order valence-corrected chi connectivity index (χ3v) is 6.82. The molecule has 1 N–H and O–H groups in total. The van der Waals surface area contributed by atoms with Crippen molar-refractivity contribution in [2.45, 2.75) is 44.7 Å². The number of aromatic amines is 1. The summed E-state index contributed by atoms with van der Waals surface area (Å²) in [6.45, 7) is 4.19. The van der Waals surface area contributed by atoms with Gasteiger partial charge in [-0.25, -0.2) is 0 Å². The van der Waals surface area contributed by atoms with Crippen LogP contribution < -0.4 is 0 Å². The summed E-state index contributed by atoms with van der Waals surface area (Å²) in [7, 11) is 0. The fourth-order valence-electron chi connectivity index (χ4n) is 5.20. The highest BCUT2D eigenvalue weighted by molar-refractivity contribution is 5.97. The molecule has 0 saturated carbocycles. The number of aromatic nitrogens is 1. The molecule has 1 saturated heterocycles. The summed E-state index contributed by atoms with van der Waals surface area (Å²) in [5.74, 6) is 0.0460. The Morgan fingerprint density at radius 3 is 2.58 bits per heavy atom. The van der Waals surface area contributed by atoms with E-state index in [-0.39, 0.29) is 24.4 Å². The molecule has 172 valence electrons. The van der Waals surface area contributed by atoms with Gasteiger partial charge in [0.1, 0.15) is 6.04 Å². The van der Waals surface area contributed by atoms with Crippen molar-refractivity contribution in [1.82, 2.24) is 14.8 Å². The smallest absolute Gasteiger partial charge is 0.246 e. The van der Waals surface area contributed by atoms with E-state index in [9.17, 15) is 9.59 Å². The number of carbonyl (C=O) groups is 2. The van der Waals surface area contributed by atoms with Crippen LogP contribution in [0.15, 0.2) is 54.6 Å². The van der Waals surface area contributed by atoms with Crippen molar-refractivity contribution in [3.8, 4) is 0 Å². The molecule has 2 aliphatic heterocycles. The lowest BCUT2D eigenvalue weighted by atomic mass is 9.86. The molecule has 0 unspecified atom stereocenters. The van der Waals surface area contributed by atoms with Gasteiger partial charge in [0.15, 0.2) is 0 Å². The second-order valence-corrected chi connectivity index (χ2v) is 8.98. The van der Waals surface area contributed by atoms with Gasteiger partial charge in [0.05, 0.1) is 12.6 Å². The zero-order valence-electron chi connectivity index (χ0n) is 19.1. The van der Waals surface area contributed by atoms with Crippen LogP contribution >= 0.6 is 0 Å². The average molecular weight is 446 g/mol. The Morgan fingerprint density at radius 2 is 1.76 bits per heavy atom. The molecule has 2 aromatic carbocycles. The molecular formula is C27H31N3O3. The van der Waals surface area contributed by atoms with Crippen molar-refractivity contribution < 1.29 is 14.3 Å². The normalized spacial score (nSPS) is 20.3. The fourth-order valence-corrected chi connectivity index (χ4v) is 5.20. The number of piperazine rings is 1. The molecule has 0 bridgehead atoms.